The SMILES string of the molecule is CS(=O)(=O)N1CCN(C(=O)N2CCOCC2)[C@@H](C(=O)N[C@H](Cc2c[nH]c3ccccc23)C(N)=O)C1. The van der Waals surface area contributed by atoms with E-state index in [1.54, 1.807) is 11.1 Å². The molecule has 0 saturated carbocycles. The maximum absolute atomic E-state index is 13.4. The van der Waals surface area contributed by atoms with Crippen LogP contribution in [0.1, 0.15) is 5.56 Å². The van der Waals surface area contributed by atoms with Crippen LogP contribution in [0.5, 0.6) is 0 Å². The number of H-pyrrole nitrogens is 1. The molecule has 0 radical (unpaired) electrons. The molecule has 2 atom stereocenters. The molecule has 4 amide bonds. The zero-order chi connectivity index (χ0) is 25.2. The molecule has 3 heterocycles. The van der Waals surface area contributed by atoms with Crippen LogP contribution in [-0.4, -0.2) is 110 Å². The molecule has 1 aromatic carbocycles. The van der Waals surface area contributed by atoms with Gasteiger partial charge in [-0.2, -0.15) is 4.31 Å². The first-order chi connectivity index (χ1) is 16.6. The van der Waals surface area contributed by atoms with E-state index in [9.17, 15) is 22.8 Å². The monoisotopic (exact) mass is 506 g/mol. The number of ether oxygens (including phenoxy) is 1. The molecule has 0 aliphatic carbocycles. The van der Waals surface area contributed by atoms with Gasteiger partial charge in [0.1, 0.15) is 12.1 Å². The van der Waals surface area contributed by atoms with Crippen molar-refractivity contribution in [3.63, 3.8) is 0 Å². The number of nitrogens with zero attached hydrogens (tertiary/aromatic N) is 3. The number of hydrogen-bond acceptors (Lipinski definition) is 6. The smallest absolute Gasteiger partial charge is 0.320 e. The van der Waals surface area contributed by atoms with Gasteiger partial charge in [-0.05, 0) is 11.6 Å². The van der Waals surface area contributed by atoms with E-state index in [0.717, 1.165) is 22.7 Å². The van der Waals surface area contributed by atoms with Crippen LogP contribution in [0.4, 0.5) is 4.79 Å². The fourth-order valence-electron chi connectivity index (χ4n) is 4.46. The van der Waals surface area contributed by atoms with Gasteiger partial charge in [-0.15, -0.1) is 0 Å². The molecule has 2 fully saturated rings. The Morgan fingerprint density at radius 1 is 1.17 bits per heavy atom. The van der Waals surface area contributed by atoms with Gasteiger partial charge >= 0.3 is 6.03 Å². The topological polar surface area (TPSA) is 158 Å². The van der Waals surface area contributed by atoms with Crippen LogP contribution in [0.15, 0.2) is 30.5 Å². The summed E-state index contributed by atoms with van der Waals surface area (Å²) in [4.78, 5) is 44.9. The summed E-state index contributed by atoms with van der Waals surface area (Å²) in [6.07, 6.45) is 2.96. The number of carbonyl (C=O) groups is 3. The average Bonchev–Trinajstić information content (AvgIpc) is 3.25. The number of hydrogen-bond donors (Lipinski definition) is 3. The van der Waals surface area contributed by atoms with Crippen molar-refractivity contribution < 1.29 is 27.5 Å². The number of para-hydroxylation sites is 1. The van der Waals surface area contributed by atoms with E-state index in [-0.39, 0.29) is 32.1 Å². The van der Waals surface area contributed by atoms with Crippen LogP contribution in [-0.2, 0) is 30.8 Å². The third-order valence-electron chi connectivity index (χ3n) is 6.40. The molecule has 4 rings (SSSR count). The summed E-state index contributed by atoms with van der Waals surface area (Å²) >= 11 is 0. The maximum atomic E-state index is 13.4. The minimum atomic E-state index is -3.59. The van der Waals surface area contributed by atoms with Crippen molar-refractivity contribution in [3.8, 4) is 0 Å². The number of nitrogens with one attached hydrogen (secondary N) is 2. The summed E-state index contributed by atoms with van der Waals surface area (Å²) in [5.41, 5.74) is 7.29. The number of nitrogens with two attached hydrogens (primary N) is 1. The minimum Gasteiger partial charge on any atom is -0.378 e. The summed E-state index contributed by atoms with van der Waals surface area (Å²) < 4.78 is 30.8. The van der Waals surface area contributed by atoms with Crippen LogP contribution >= 0.6 is 0 Å². The number of carbonyl (C=O) groups excluding carboxylic acids is 3. The Kier molecular flexibility index (Phi) is 7.28. The van der Waals surface area contributed by atoms with E-state index < -0.39 is 33.9 Å². The molecule has 0 bridgehead atoms. The second kappa shape index (κ2) is 10.2. The molecule has 2 aromatic rings. The summed E-state index contributed by atoms with van der Waals surface area (Å²) in [6.45, 7) is 1.45. The van der Waals surface area contributed by atoms with Crippen molar-refractivity contribution >= 4 is 38.8 Å². The number of primary amides is 1. The van der Waals surface area contributed by atoms with E-state index in [2.05, 4.69) is 10.3 Å². The van der Waals surface area contributed by atoms with Gasteiger partial charge in [0.25, 0.3) is 0 Å². The Balaban J connectivity index is 1.55. The zero-order valence-electron chi connectivity index (χ0n) is 19.5. The first-order valence-electron chi connectivity index (χ1n) is 11.4. The molecule has 1 aromatic heterocycles. The Hall–Kier alpha value is -3.16. The van der Waals surface area contributed by atoms with Gasteiger partial charge in [0.2, 0.25) is 21.8 Å². The Bertz CT molecular complexity index is 1210. The molecule has 13 heteroatoms. The van der Waals surface area contributed by atoms with E-state index >= 15 is 0 Å². The molecule has 2 aliphatic heterocycles. The molecule has 12 nitrogen and oxygen atoms in total. The molecule has 0 spiro atoms. The minimum absolute atomic E-state index is 0.0467. The van der Waals surface area contributed by atoms with Crippen molar-refractivity contribution in [2.24, 2.45) is 5.73 Å². The summed E-state index contributed by atoms with van der Waals surface area (Å²) in [5, 5.41) is 3.56. The van der Waals surface area contributed by atoms with Crippen molar-refractivity contribution in [1.82, 2.24) is 24.4 Å². The molecule has 0 unspecified atom stereocenters. The number of fused-ring (bicyclic) bond motifs is 1. The predicted molar refractivity (Wildman–Crippen MR) is 128 cm³/mol. The highest BCUT2D eigenvalue weighted by Crippen LogP contribution is 2.20. The van der Waals surface area contributed by atoms with Gasteiger partial charge < -0.3 is 30.6 Å². The number of rotatable bonds is 6. The zero-order valence-corrected chi connectivity index (χ0v) is 20.3. The molecule has 35 heavy (non-hydrogen) atoms. The number of urea groups is 1. The van der Waals surface area contributed by atoms with Crippen molar-refractivity contribution in [3.05, 3.63) is 36.0 Å². The lowest BCUT2D eigenvalue weighted by molar-refractivity contribution is -0.131. The third-order valence-corrected chi connectivity index (χ3v) is 7.67. The lowest BCUT2D eigenvalue weighted by Crippen LogP contribution is -2.65. The normalized spacial score (nSPS) is 20.5. The van der Waals surface area contributed by atoms with Crippen molar-refractivity contribution in [1.29, 1.82) is 0 Å². The number of piperazine rings is 1. The Labute approximate surface area is 203 Å². The Morgan fingerprint density at radius 2 is 1.89 bits per heavy atom. The van der Waals surface area contributed by atoms with Gasteiger partial charge in [0.05, 0.1) is 19.5 Å². The average molecular weight is 507 g/mol. The first-order valence-corrected chi connectivity index (χ1v) is 13.2. The third kappa shape index (κ3) is 5.57. The van der Waals surface area contributed by atoms with Gasteiger partial charge in [-0.1, -0.05) is 18.2 Å². The van der Waals surface area contributed by atoms with E-state index in [0.29, 0.717) is 26.3 Å². The molecule has 2 saturated heterocycles. The molecular formula is C22H30N6O6S. The largest absolute Gasteiger partial charge is 0.378 e. The van der Waals surface area contributed by atoms with Gasteiger partial charge in [-0.3, -0.25) is 9.59 Å². The fourth-order valence-corrected chi connectivity index (χ4v) is 5.29. The first kappa shape index (κ1) is 24.9. The number of sulfonamides is 1. The van der Waals surface area contributed by atoms with Gasteiger partial charge in [-0.25, -0.2) is 13.2 Å². The quantitative estimate of drug-likeness (QED) is 0.460. The van der Waals surface area contributed by atoms with Crippen LogP contribution < -0.4 is 11.1 Å². The highest BCUT2D eigenvalue weighted by molar-refractivity contribution is 7.88. The van der Waals surface area contributed by atoms with Gasteiger partial charge in [0, 0.05) is 56.2 Å². The number of amides is 4. The number of benzene rings is 1. The van der Waals surface area contributed by atoms with Crippen LogP contribution in [0.3, 0.4) is 0 Å². The highest BCUT2D eigenvalue weighted by Gasteiger charge is 2.40. The number of aromatic amines is 1. The van der Waals surface area contributed by atoms with Crippen LogP contribution in [0.2, 0.25) is 0 Å². The van der Waals surface area contributed by atoms with Crippen LogP contribution in [0, 0.1) is 0 Å². The predicted octanol–water partition coefficient (Wildman–Crippen LogP) is -0.921. The van der Waals surface area contributed by atoms with Crippen molar-refractivity contribution in [2.45, 2.75) is 18.5 Å². The summed E-state index contributed by atoms with van der Waals surface area (Å²) in [7, 11) is -3.59. The highest BCUT2D eigenvalue weighted by atomic mass is 32.2. The lowest BCUT2D eigenvalue weighted by Gasteiger charge is -2.42. The summed E-state index contributed by atoms with van der Waals surface area (Å²) in [6, 6.07) is 5.02. The second-order valence-corrected chi connectivity index (χ2v) is 10.7. The van der Waals surface area contributed by atoms with E-state index in [1.807, 2.05) is 24.3 Å². The van der Waals surface area contributed by atoms with Crippen LogP contribution in [0.25, 0.3) is 10.9 Å². The molecule has 4 N–H and O–H groups in total. The molecular weight excluding hydrogens is 476 g/mol. The number of morpholine rings is 1. The molecule has 190 valence electrons. The maximum Gasteiger partial charge on any atom is 0.320 e. The lowest BCUT2D eigenvalue weighted by atomic mass is 10.0. The Morgan fingerprint density at radius 3 is 2.57 bits per heavy atom. The van der Waals surface area contributed by atoms with E-state index in [4.69, 9.17) is 10.5 Å². The fraction of sp³-hybridized carbons (Fsp3) is 0.500. The summed E-state index contributed by atoms with van der Waals surface area (Å²) in [5.74, 6) is -1.37. The van der Waals surface area contributed by atoms with Gasteiger partial charge in [0.15, 0.2) is 0 Å². The number of aromatic nitrogens is 1. The second-order valence-electron chi connectivity index (χ2n) is 8.74. The van der Waals surface area contributed by atoms with E-state index in [1.165, 1.54) is 9.21 Å². The standard InChI is InChI=1S/C22H30N6O6S/c1-35(32,33)27-6-7-28(22(31)26-8-10-34-11-9-26)19(14-27)21(30)25-18(20(23)29)12-15-13-24-17-5-3-2-4-16(15)17/h2-5,13,18-19,24H,6-12,14H2,1H3,(H2,23,29)(H,25,30)/t18-,19-/m1/s1. The molecule has 2 aliphatic rings. The van der Waals surface area contributed by atoms with Crippen molar-refractivity contribution in [2.75, 3.05) is 52.2 Å².